The molecule has 0 aromatic heterocycles. The maximum absolute atomic E-state index is 12.9. The van der Waals surface area contributed by atoms with Crippen molar-refractivity contribution in [1.29, 1.82) is 5.26 Å². The zero-order valence-corrected chi connectivity index (χ0v) is 18.1. The van der Waals surface area contributed by atoms with E-state index in [1.54, 1.807) is 26.8 Å². The van der Waals surface area contributed by atoms with E-state index in [1.807, 2.05) is 6.07 Å². The predicted molar refractivity (Wildman–Crippen MR) is 111 cm³/mol. The molecule has 9 heteroatoms. The number of nitrogens with one attached hydrogen (secondary N) is 1. The van der Waals surface area contributed by atoms with Gasteiger partial charge in [0.2, 0.25) is 0 Å². The molecule has 0 bridgehead atoms. The minimum atomic E-state index is -0.788. The highest BCUT2D eigenvalue weighted by Gasteiger charge is 2.33. The number of nitrogens with zero attached hydrogens (tertiary/aromatic N) is 2. The zero-order valence-electron chi connectivity index (χ0n) is 18.1. The molecule has 2 aliphatic heterocycles. The Kier molecular flexibility index (Phi) is 6.91. The van der Waals surface area contributed by atoms with Gasteiger partial charge in [-0.3, -0.25) is 4.79 Å². The van der Waals surface area contributed by atoms with Gasteiger partial charge in [0, 0.05) is 31.5 Å². The molecule has 2 heterocycles. The fraction of sp³-hybridized carbons (Fsp3) is 0.591. The number of piperidine rings is 1. The van der Waals surface area contributed by atoms with Crippen molar-refractivity contribution in [1.82, 2.24) is 10.2 Å². The smallest absolute Gasteiger partial charge is 0.410 e. The summed E-state index contributed by atoms with van der Waals surface area (Å²) < 4.78 is 16.7. The topological polar surface area (TPSA) is 121 Å². The number of hydrogen-bond acceptors (Lipinski definition) is 7. The Hall–Kier alpha value is -2.99. The SMILES string of the molecule is CC(C)(C)OC(=O)N1CC[C@@H](CNC(=O)c2cc(C#N)cc3c2OCCCO3)[C@H](O)C1. The van der Waals surface area contributed by atoms with E-state index in [4.69, 9.17) is 14.2 Å². The van der Waals surface area contributed by atoms with Gasteiger partial charge < -0.3 is 29.5 Å². The number of aliphatic hydroxyl groups is 1. The maximum atomic E-state index is 12.9. The molecule has 1 aromatic carbocycles. The van der Waals surface area contributed by atoms with Crippen LogP contribution in [0.4, 0.5) is 4.79 Å². The largest absolute Gasteiger partial charge is 0.489 e. The van der Waals surface area contributed by atoms with Crippen LogP contribution in [0, 0.1) is 17.2 Å². The Morgan fingerprint density at radius 3 is 2.74 bits per heavy atom. The Labute approximate surface area is 181 Å². The molecule has 0 aliphatic carbocycles. The number of carbonyl (C=O) groups excluding carboxylic acids is 2. The van der Waals surface area contributed by atoms with Crippen molar-refractivity contribution < 1.29 is 28.9 Å². The van der Waals surface area contributed by atoms with Crippen LogP contribution in [0.15, 0.2) is 12.1 Å². The Morgan fingerprint density at radius 2 is 2.06 bits per heavy atom. The molecule has 0 saturated carbocycles. The van der Waals surface area contributed by atoms with E-state index in [0.29, 0.717) is 49.7 Å². The van der Waals surface area contributed by atoms with Crippen LogP contribution in [0.5, 0.6) is 11.5 Å². The lowest BCUT2D eigenvalue weighted by atomic mass is 9.94. The first-order chi connectivity index (χ1) is 14.7. The second-order valence-electron chi connectivity index (χ2n) is 8.77. The van der Waals surface area contributed by atoms with Crippen molar-refractivity contribution in [2.45, 2.75) is 45.3 Å². The summed E-state index contributed by atoms with van der Waals surface area (Å²) >= 11 is 0. The number of likely N-dealkylation sites (tertiary alicyclic amines) is 1. The third kappa shape index (κ3) is 5.79. The molecule has 0 spiro atoms. The second-order valence-corrected chi connectivity index (χ2v) is 8.77. The highest BCUT2D eigenvalue weighted by molar-refractivity contribution is 5.98. The minimum absolute atomic E-state index is 0.145. The van der Waals surface area contributed by atoms with Gasteiger partial charge in [-0.2, -0.15) is 5.26 Å². The summed E-state index contributed by atoms with van der Waals surface area (Å²) in [5.74, 6) is 0.0971. The van der Waals surface area contributed by atoms with Crippen LogP contribution in [0.2, 0.25) is 0 Å². The lowest BCUT2D eigenvalue weighted by molar-refractivity contribution is -0.0122. The number of β-amino-alcohol motifs (C(OH)–C–C–N with tert-alkyl or cyclic N) is 1. The molecule has 1 saturated heterocycles. The number of benzene rings is 1. The summed E-state index contributed by atoms with van der Waals surface area (Å²) in [7, 11) is 0. The number of hydrogen-bond donors (Lipinski definition) is 2. The van der Waals surface area contributed by atoms with Crippen LogP contribution in [-0.2, 0) is 4.74 Å². The molecule has 2 amide bonds. The summed E-state index contributed by atoms with van der Waals surface area (Å²) in [6.07, 6.45) is -0.0395. The molecular formula is C22H29N3O6. The van der Waals surface area contributed by atoms with Gasteiger partial charge in [0.05, 0.1) is 43.1 Å². The molecule has 2 atom stereocenters. The Bertz CT molecular complexity index is 873. The first-order valence-electron chi connectivity index (χ1n) is 10.5. The summed E-state index contributed by atoms with van der Waals surface area (Å²) in [6, 6.07) is 5.07. The number of fused-ring (bicyclic) bond motifs is 1. The number of nitriles is 1. The average molecular weight is 431 g/mol. The van der Waals surface area contributed by atoms with Crippen molar-refractivity contribution in [2.75, 3.05) is 32.8 Å². The zero-order chi connectivity index (χ0) is 22.6. The van der Waals surface area contributed by atoms with Crippen LogP contribution in [-0.4, -0.2) is 66.6 Å². The van der Waals surface area contributed by atoms with Gasteiger partial charge >= 0.3 is 6.09 Å². The quantitative estimate of drug-likeness (QED) is 0.751. The molecular weight excluding hydrogens is 402 g/mol. The van der Waals surface area contributed by atoms with Gasteiger partial charge in [-0.05, 0) is 33.3 Å². The first kappa shape index (κ1) is 22.7. The van der Waals surface area contributed by atoms with E-state index in [0.717, 1.165) is 0 Å². The molecule has 1 fully saturated rings. The summed E-state index contributed by atoms with van der Waals surface area (Å²) in [4.78, 5) is 26.5. The Morgan fingerprint density at radius 1 is 1.32 bits per heavy atom. The third-order valence-corrected chi connectivity index (χ3v) is 5.12. The van der Waals surface area contributed by atoms with Crippen LogP contribution in [0.25, 0.3) is 0 Å². The molecule has 9 nitrogen and oxygen atoms in total. The first-order valence-corrected chi connectivity index (χ1v) is 10.5. The fourth-order valence-electron chi connectivity index (χ4n) is 3.54. The van der Waals surface area contributed by atoms with Crippen molar-refractivity contribution in [3.05, 3.63) is 23.3 Å². The molecule has 168 valence electrons. The fourth-order valence-corrected chi connectivity index (χ4v) is 3.54. The minimum Gasteiger partial charge on any atom is -0.489 e. The summed E-state index contributed by atoms with van der Waals surface area (Å²) in [5, 5.41) is 22.6. The normalized spacial score (nSPS) is 20.9. The van der Waals surface area contributed by atoms with Gasteiger partial charge in [-0.1, -0.05) is 0 Å². The third-order valence-electron chi connectivity index (χ3n) is 5.12. The van der Waals surface area contributed by atoms with Gasteiger partial charge in [-0.25, -0.2) is 4.79 Å². The van der Waals surface area contributed by atoms with Gasteiger partial charge in [0.15, 0.2) is 11.5 Å². The standard InChI is InChI=1S/C22H29N3O6/c1-22(2,3)31-21(28)25-6-5-15(17(26)13-25)12-24-20(27)16-9-14(11-23)10-18-19(16)30-8-4-7-29-18/h9-10,15,17,26H,4-8,12-13H2,1-3H3,(H,24,27)/t15-,17+/m0/s1. The summed E-state index contributed by atoms with van der Waals surface area (Å²) in [6.45, 7) is 7.05. The number of amides is 2. The number of rotatable bonds is 3. The highest BCUT2D eigenvalue weighted by Crippen LogP contribution is 2.35. The monoisotopic (exact) mass is 431 g/mol. The molecule has 0 radical (unpaired) electrons. The van der Waals surface area contributed by atoms with E-state index in [2.05, 4.69) is 5.32 Å². The van der Waals surface area contributed by atoms with E-state index in [1.165, 1.54) is 11.0 Å². The van der Waals surface area contributed by atoms with Gasteiger partial charge in [0.1, 0.15) is 5.60 Å². The lowest BCUT2D eigenvalue weighted by Crippen LogP contribution is -2.50. The van der Waals surface area contributed by atoms with Crippen molar-refractivity contribution >= 4 is 12.0 Å². The van der Waals surface area contributed by atoms with Gasteiger partial charge in [-0.15, -0.1) is 0 Å². The van der Waals surface area contributed by atoms with Crippen molar-refractivity contribution in [3.63, 3.8) is 0 Å². The summed E-state index contributed by atoms with van der Waals surface area (Å²) in [5.41, 5.74) is -0.0639. The molecule has 1 aromatic rings. The number of carbonyl (C=O) groups is 2. The molecule has 0 unspecified atom stereocenters. The van der Waals surface area contributed by atoms with Crippen LogP contribution >= 0.6 is 0 Å². The van der Waals surface area contributed by atoms with E-state index < -0.39 is 23.7 Å². The van der Waals surface area contributed by atoms with Gasteiger partial charge in [0.25, 0.3) is 5.91 Å². The average Bonchev–Trinajstić information content (AvgIpc) is 2.96. The predicted octanol–water partition coefficient (Wildman–Crippen LogP) is 2.07. The maximum Gasteiger partial charge on any atom is 0.410 e. The van der Waals surface area contributed by atoms with Crippen molar-refractivity contribution in [3.8, 4) is 17.6 Å². The van der Waals surface area contributed by atoms with Crippen molar-refractivity contribution in [2.24, 2.45) is 5.92 Å². The van der Waals surface area contributed by atoms with E-state index >= 15 is 0 Å². The molecule has 31 heavy (non-hydrogen) atoms. The van der Waals surface area contributed by atoms with Crippen LogP contribution in [0.1, 0.15) is 49.5 Å². The van der Waals surface area contributed by atoms with E-state index in [-0.39, 0.29) is 24.6 Å². The molecule has 2 aliphatic rings. The number of ether oxygens (including phenoxy) is 3. The molecule has 3 rings (SSSR count). The Balaban J connectivity index is 1.62. The molecule has 2 N–H and O–H groups in total. The lowest BCUT2D eigenvalue weighted by Gasteiger charge is -2.36. The second kappa shape index (κ2) is 9.43. The van der Waals surface area contributed by atoms with E-state index in [9.17, 15) is 20.0 Å². The van der Waals surface area contributed by atoms with Crippen LogP contribution < -0.4 is 14.8 Å². The number of aliphatic hydroxyl groups excluding tert-OH is 1. The van der Waals surface area contributed by atoms with Crippen LogP contribution in [0.3, 0.4) is 0 Å². The highest BCUT2D eigenvalue weighted by atomic mass is 16.6.